The number of piperidine rings is 2. The smallest absolute Gasteiger partial charge is 0.372 e. The summed E-state index contributed by atoms with van der Waals surface area (Å²) in [6, 6.07) is 5.46. The molecule has 1 unspecified atom stereocenters. The van der Waals surface area contributed by atoms with Crippen molar-refractivity contribution in [2.75, 3.05) is 45.2 Å². The Hall–Kier alpha value is -2.26. The molecular formula is C25H33ClF3N3O3. The summed E-state index contributed by atoms with van der Waals surface area (Å²) in [5, 5.41) is 10.5. The zero-order valence-corrected chi connectivity index (χ0v) is 20.9. The molecule has 0 bridgehead atoms. The van der Waals surface area contributed by atoms with Crippen LogP contribution in [0.3, 0.4) is 0 Å². The normalized spacial score (nSPS) is 19.9. The Morgan fingerprint density at radius 3 is 2.11 bits per heavy atom. The number of halogens is 4. The Balaban J connectivity index is 1.55. The number of hydrogen-bond donors (Lipinski definition) is 1. The topological polar surface area (TPSA) is 64.1 Å². The Labute approximate surface area is 209 Å². The van der Waals surface area contributed by atoms with Crippen molar-refractivity contribution in [3.63, 3.8) is 0 Å². The number of benzene rings is 1. The SMILES string of the molecule is C=CCC(O)(C(=O)N1CCC(C2CCN(c3ccc(C(=O)N(C)C)c(Cl)c3)CC2)CC1)C(F)(F)F. The first-order chi connectivity index (χ1) is 16.4. The first kappa shape index (κ1) is 27.3. The van der Waals surface area contributed by atoms with Crippen molar-refractivity contribution in [3.8, 4) is 0 Å². The lowest BCUT2D eigenvalue weighted by molar-refractivity contribution is -0.255. The van der Waals surface area contributed by atoms with E-state index in [2.05, 4.69) is 11.5 Å². The minimum Gasteiger partial charge on any atom is -0.372 e. The number of alkyl halides is 3. The van der Waals surface area contributed by atoms with Gasteiger partial charge >= 0.3 is 6.18 Å². The van der Waals surface area contributed by atoms with E-state index in [0.717, 1.165) is 42.6 Å². The van der Waals surface area contributed by atoms with Crippen LogP contribution >= 0.6 is 11.6 Å². The number of aliphatic hydroxyl groups is 1. The number of nitrogens with zero attached hydrogens (tertiary/aromatic N) is 3. The number of carbonyl (C=O) groups excluding carboxylic acids is 2. The van der Waals surface area contributed by atoms with E-state index in [4.69, 9.17) is 11.6 Å². The predicted molar refractivity (Wildman–Crippen MR) is 130 cm³/mol. The molecule has 1 N–H and O–H groups in total. The van der Waals surface area contributed by atoms with Crippen LogP contribution in [-0.4, -0.2) is 78.8 Å². The van der Waals surface area contributed by atoms with Gasteiger partial charge in [-0.25, -0.2) is 0 Å². The summed E-state index contributed by atoms with van der Waals surface area (Å²) in [7, 11) is 3.35. The predicted octanol–water partition coefficient (Wildman–Crippen LogP) is 4.37. The molecular weight excluding hydrogens is 483 g/mol. The van der Waals surface area contributed by atoms with E-state index in [0.29, 0.717) is 35.3 Å². The molecule has 1 atom stereocenters. The second-order valence-corrected chi connectivity index (χ2v) is 10.1. The molecule has 35 heavy (non-hydrogen) atoms. The van der Waals surface area contributed by atoms with E-state index in [1.165, 1.54) is 4.90 Å². The van der Waals surface area contributed by atoms with Crippen LogP contribution in [0.25, 0.3) is 0 Å². The maximum Gasteiger partial charge on any atom is 0.426 e. The summed E-state index contributed by atoms with van der Waals surface area (Å²) >= 11 is 6.36. The van der Waals surface area contributed by atoms with E-state index in [1.54, 1.807) is 20.2 Å². The van der Waals surface area contributed by atoms with E-state index >= 15 is 0 Å². The lowest BCUT2D eigenvalue weighted by Gasteiger charge is -2.42. The molecule has 1 aromatic rings. The highest BCUT2D eigenvalue weighted by Crippen LogP contribution is 2.38. The average Bonchev–Trinajstić information content (AvgIpc) is 2.82. The number of hydrogen-bond acceptors (Lipinski definition) is 4. The largest absolute Gasteiger partial charge is 0.426 e. The van der Waals surface area contributed by atoms with Crippen LogP contribution in [0, 0.1) is 11.8 Å². The lowest BCUT2D eigenvalue weighted by atomic mass is 9.78. The Morgan fingerprint density at radius 2 is 1.66 bits per heavy atom. The second-order valence-electron chi connectivity index (χ2n) is 9.67. The van der Waals surface area contributed by atoms with Crippen molar-refractivity contribution in [2.45, 2.75) is 43.9 Å². The van der Waals surface area contributed by atoms with Crippen molar-refractivity contribution in [1.29, 1.82) is 0 Å². The van der Waals surface area contributed by atoms with Crippen molar-refractivity contribution in [2.24, 2.45) is 11.8 Å². The van der Waals surface area contributed by atoms with E-state index in [9.17, 15) is 27.9 Å². The van der Waals surface area contributed by atoms with Gasteiger partial charge in [0.1, 0.15) is 0 Å². The third-order valence-corrected chi connectivity index (χ3v) is 7.56. The molecule has 2 aliphatic rings. The highest BCUT2D eigenvalue weighted by molar-refractivity contribution is 6.34. The Kier molecular flexibility index (Phi) is 8.42. The summed E-state index contributed by atoms with van der Waals surface area (Å²) in [5.74, 6) is -0.694. The van der Waals surface area contributed by atoms with Crippen molar-refractivity contribution < 1.29 is 27.9 Å². The molecule has 2 amide bonds. The van der Waals surface area contributed by atoms with Crippen molar-refractivity contribution >= 4 is 29.1 Å². The maximum atomic E-state index is 13.4. The molecule has 2 fully saturated rings. The van der Waals surface area contributed by atoms with Gasteiger partial charge in [0.25, 0.3) is 11.8 Å². The monoisotopic (exact) mass is 515 g/mol. The number of likely N-dealkylation sites (tertiary alicyclic amines) is 1. The van der Waals surface area contributed by atoms with Gasteiger partial charge in [-0.2, -0.15) is 13.2 Å². The third-order valence-electron chi connectivity index (χ3n) is 7.25. The van der Waals surface area contributed by atoms with Crippen LogP contribution in [0.5, 0.6) is 0 Å². The first-order valence-electron chi connectivity index (χ1n) is 11.8. The minimum absolute atomic E-state index is 0.150. The summed E-state index contributed by atoms with van der Waals surface area (Å²) < 4.78 is 40.2. The fraction of sp³-hybridized carbons (Fsp3) is 0.600. The lowest BCUT2D eigenvalue weighted by Crippen LogP contribution is -2.59. The molecule has 2 saturated heterocycles. The maximum absolute atomic E-state index is 13.4. The molecule has 0 saturated carbocycles. The van der Waals surface area contributed by atoms with Crippen LogP contribution in [0.1, 0.15) is 42.5 Å². The van der Waals surface area contributed by atoms with Gasteiger partial charge in [-0.3, -0.25) is 9.59 Å². The molecule has 0 spiro atoms. The molecule has 0 aliphatic carbocycles. The van der Waals surface area contributed by atoms with Crippen LogP contribution < -0.4 is 4.90 Å². The highest BCUT2D eigenvalue weighted by atomic mass is 35.5. The molecule has 1 aromatic carbocycles. The van der Waals surface area contributed by atoms with E-state index < -0.39 is 24.1 Å². The summed E-state index contributed by atoms with van der Waals surface area (Å²) in [6.07, 6.45) is -1.90. The fourth-order valence-corrected chi connectivity index (χ4v) is 5.37. The zero-order valence-electron chi connectivity index (χ0n) is 20.2. The van der Waals surface area contributed by atoms with Gasteiger partial charge in [-0.15, -0.1) is 6.58 Å². The molecule has 0 aromatic heterocycles. The number of anilines is 1. The van der Waals surface area contributed by atoms with Crippen LogP contribution in [-0.2, 0) is 4.79 Å². The number of carbonyl (C=O) groups is 2. The highest BCUT2D eigenvalue weighted by Gasteiger charge is 2.60. The molecule has 2 aliphatic heterocycles. The second kappa shape index (κ2) is 10.8. The van der Waals surface area contributed by atoms with Crippen LogP contribution in [0.4, 0.5) is 18.9 Å². The van der Waals surface area contributed by atoms with Gasteiger partial charge < -0.3 is 19.8 Å². The Bertz CT molecular complexity index is 940. The molecule has 3 rings (SSSR count). The number of amides is 2. The average molecular weight is 516 g/mol. The minimum atomic E-state index is -5.05. The van der Waals surface area contributed by atoms with E-state index in [1.807, 2.05) is 12.1 Å². The van der Waals surface area contributed by atoms with Gasteiger partial charge in [0, 0.05) is 52.4 Å². The quantitative estimate of drug-likeness (QED) is 0.572. The molecule has 10 heteroatoms. The Morgan fingerprint density at radius 1 is 1.11 bits per heavy atom. The van der Waals surface area contributed by atoms with Crippen molar-refractivity contribution in [3.05, 3.63) is 41.4 Å². The summed E-state index contributed by atoms with van der Waals surface area (Å²) in [5.41, 5.74) is -2.00. The number of rotatable bonds is 6. The van der Waals surface area contributed by atoms with Gasteiger partial charge in [0.05, 0.1) is 10.6 Å². The van der Waals surface area contributed by atoms with Gasteiger partial charge in [0.2, 0.25) is 5.60 Å². The molecule has 0 radical (unpaired) electrons. The summed E-state index contributed by atoms with van der Waals surface area (Å²) in [6.45, 7) is 5.29. The van der Waals surface area contributed by atoms with Crippen LogP contribution in [0.2, 0.25) is 5.02 Å². The van der Waals surface area contributed by atoms with Crippen molar-refractivity contribution in [1.82, 2.24) is 9.80 Å². The fourth-order valence-electron chi connectivity index (χ4n) is 5.11. The third kappa shape index (κ3) is 5.77. The first-order valence-corrected chi connectivity index (χ1v) is 12.2. The van der Waals surface area contributed by atoms with E-state index in [-0.39, 0.29) is 19.0 Å². The zero-order chi connectivity index (χ0) is 26.0. The van der Waals surface area contributed by atoms with Gasteiger partial charge in [-0.1, -0.05) is 17.7 Å². The molecule has 6 nitrogen and oxygen atoms in total. The summed E-state index contributed by atoms with van der Waals surface area (Å²) in [4.78, 5) is 29.6. The van der Waals surface area contributed by atoms with Crippen LogP contribution in [0.15, 0.2) is 30.9 Å². The van der Waals surface area contributed by atoms with Gasteiger partial charge in [-0.05, 0) is 55.7 Å². The molecule has 194 valence electrons. The van der Waals surface area contributed by atoms with Gasteiger partial charge in [0.15, 0.2) is 0 Å². The standard InChI is InChI=1S/C25H33ClF3N3O3/c1-4-11-24(35,25(27,28)29)23(34)32-14-9-18(10-15-32)17-7-12-31(13-8-17)19-5-6-20(21(26)16-19)22(33)30(2)3/h4-6,16-18,35H,1,7-15H2,2-3H3. The molecule has 2 heterocycles.